The average molecular weight is 226 g/mol. The molecular formula is C13H26N2O. The van der Waals surface area contributed by atoms with Crippen molar-refractivity contribution in [2.45, 2.75) is 53.5 Å². The van der Waals surface area contributed by atoms with Crippen LogP contribution < -0.4 is 10.6 Å². The van der Waals surface area contributed by atoms with Gasteiger partial charge in [-0.15, -0.1) is 0 Å². The molecule has 2 N–H and O–H groups in total. The number of hydrogen-bond donors (Lipinski definition) is 2. The molecule has 0 aromatic heterocycles. The maximum absolute atomic E-state index is 11.6. The zero-order valence-corrected chi connectivity index (χ0v) is 11.3. The summed E-state index contributed by atoms with van der Waals surface area (Å²) < 4.78 is 0. The highest BCUT2D eigenvalue weighted by atomic mass is 16.2. The fourth-order valence-electron chi connectivity index (χ4n) is 1.49. The number of carbonyl (C=O) groups is 1. The molecular weight excluding hydrogens is 200 g/mol. The van der Waals surface area contributed by atoms with Crippen LogP contribution in [0.4, 0.5) is 0 Å². The Bertz CT molecular complexity index is 236. The molecule has 3 heteroatoms. The van der Waals surface area contributed by atoms with Gasteiger partial charge in [-0.3, -0.25) is 4.79 Å². The second-order valence-electron chi connectivity index (χ2n) is 4.14. The zero-order chi connectivity index (χ0) is 12.6. The predicted octanol–water partition coefficient (Wildman–Crippen LogP) is 2.44. The fourth-order valence-corrected chi connectivity index (χ4v) is 1.49. The number of carbonyl (C=O) groups excluding carboxylic acids is 1. The lowest BCUT2D eigenvalue weighted by atomic mass is 10.0. The van der Waals surface area contributed by atoms with E-state index in [-0.39, 0.29) is 11.9 Å². The molecule has 16 heavy (non-hydrogen) atoms. The van der Waals surface area contributed by atoms with Crippen LogP contribution >= 0.6 is 0 Å². The van der Waals surface area contributed by atoms with E-state index in [1.54, 1.807) is 0 Å². The van der Waals surface area contributed by atoms with E-state index in [1.807, 2.05) is 13.8 Å². The van der Waals surface area contributed by atoms with E-state index in [2.05, 4.69) is 37.5 Å². The first-order valence-corrected chi connectivity index (χ1v) is 6.30. The highest BCUT2D eigenvalue weighted by molar-refractivity contribution is 5.81. The first-order chi connectivity index (χ1) is 7.56. The molecule has 0 spiro atoms. The van der Waals surface area contributed by atoms with Crippen molar-refractivity contribution in [3.63, 3.8) is 0 Å². The lowest BCUT2D eigenvalue weighted by Gasteiger charge is -2.21. The molecule has 0 fully saturated rings. The van der Waals surface area contributed by atoms with Crippen molar-refractivity contribution in [1.82, 2.24) is 10.6 Å². The minimum atomic E-state index is -0.160. The Labute approximate surface area is 99.7 Å². The maximum Gasteiger partial charge on any atom is 0.242 e. The Kier molecular flexibility index (Phi) is 7.69. The van der Waals surface area contributed by atoms with E-state index in [0.717, 1.165) is 12.8 Å². The van der Waals surface area contributed by atoms with Crippen LogP contribution in [0.3, 0.4) is 0 Å². The topological polar surface area (TPSA) is 41.1 Å². The van der Waals surface area contributed by atoms with Crippen LogP contribution in [0.1, 0.15) is 47.5 Å². The molecule has 0 heterocycles. The molecule has 1 amide bonds. The molecule has 94 valence electrons. The van der Waals surface area contributed by atoms with Gasteiger partial charge in [0.15, 0.2) is 0 Å². The number of nitrogens with one attached hydrogen (secondary N) is 2. The molecule has 3 nitrogen and oxygen atoms in total. The summed E-state index contributed by atoms with van der Waals surface area (Å²) in [6.07, 6.45) is 4.25. The quantitative estimate of drug-likeness (QED) is 0.700. The molecule has 0 aromatic carbocycles. The Hall–Kier alpha value is -0.990. The van der Waals surface area contributed by atoms with Crippen molar-refractivity contribution in [3.05, 3.63) is 11.8 Å². The Morgan fingerprint density at radius 3 is 2.31 bits per heavy atom. The van der Waals surface area contributed by atoms with Gasteiger partial charge in [-0.2, -0.15) is 0 Å². The molecule has 0 saturated heterocycles. The molecule has 0 aliphatic rings. The van der Waals surface area contributed by atoms with Crippen LogP contribution in [-0.2, 0) is 4.79 Å². The van der Waals surface area contributed by atoms with Gasteiger partial charge in [-0.25, -0.2) is 0 Å². The Balaban J connectivity index is 4.40. The molecule has 0 bridgehead atoms. The highest BCUT2D eigenvalue weighted by Crippen LogP contribution is 2.12. The van der Waals surface area contributed by atoms with E-state index in [0.29, 0.717) is 12.5 Å². The van der Waals surface area contributed by atoms with E-state index in [9.17, 15) is 4.79 Å². The summed E-state index contributed by atoms with van der Waals surface area (Å²) in [5.41, 5.74) is 1.18. The van der Waals surface area contributed by atoms with E-state index in [4.69, 9.17) is 0 Å². The summed E-state index contributed by atoms with van der Waals surface area (Å²) in [6.45, 7) is 11.0. The van der Waals surface area contributed by atoms with Gasteiger partial charge in [-0.05, 0) is 32.6 Å². The fraction of sp³-hybridized carbons (Fsp3) is 0.769. The van der Waals surface area contributed by atoms with Crippen molar-refractivity contribution in [1.29, 1.82) is 0 Å². The van der Waals surface area contributed by atoms with E-state index in [1.165, 1.54) is 5.70 Å². The van der Waals surface area contributed by atoms with Gasteiger partial charge in [0, 0.05) is 12.2 Å². The molecule has 2 atom stereocenters. The third-order valence-corrected chi connectivity index (χ3v) is 2.69. The van der Waals surface area contributed by atoms with Gasteiger partial charge in [-0.1, -0.05) is 26.8 Å². The van der Waals surface area contributed by atoms with Crippen molar-refractivity contribution in [3.8, 4) is 0 Å². The van der Waals surface area contributed by atoms with Gasteiger partial charge in [0.2, 0.25) is 5.91 Å². The summed E-state index contributed by atoms with van der Waals surface area (Å²) in [7, 11) is 0. The van der Waals surface area contributed by atoms with Crippen LogP contribution in [-0.4, -0.2) is 18.5 Å². The Morgan fingerprint density at radius 1 is 1.25 bits per heavy atom. The van der Waals surface area contributed by atoms with Crippen LogP contribution in [0.25, 0.3) is 0 Å². The Morgan fingerprint density at radius 2 is 1.88 bits per heavy atom. The average Bonchev–Trinajstić information content (AvgIpc) is 2.27. The van der Waals surface area contributed by atoms with Gasteiger partial charge in [0.05, 0.1) is 0 Å². The molecule has 0 aliphatic carbocycles. The summed E-state index contributed by atoms with van der Waals surface area (Å²) >= 11 is 0. The van der Waals surface area contributed by atoms with Gasteiger partial charge >= 0.3 is 0 Å². The smallest absolute Gasteiger partial charge is 0.242 e. The van der Waals surface area contributed by atoms with E-state index >= 15 is 0 Å². The van der Waals surface area contributed by atoms with Crippen molar-refractivity contribution < 1.29 is 4.79 Å². The van der Waals surface area contributed by atoms with Crippen molar-refractivity contribution in [2.75, 3.05) is 6.54 Å². The second kappa shape index (κ2) is 8.20. The largest absolute Gasteiger partial charge is 0.377 e. The van der Waals surface area contributed by atoms with Crippen LogP contribution in [0.2, 0.25) is 0 Å². The molecule has 0 radical (unpaired) electrons. The third-order valence-electron chi connectivity index (χ3n) is 2.69. The summed E-state index contributed by atoms with van der Waals surface area (Å²) in [5, 5.41) is 6.12. The molecule has 0 aromatic rings. The summed E-state index contributed by atoms with van der Waals surface area (Å²) in [5.74, 6) is 0.546. The van der Waals surface area contributed by atoms with Gasteiger partial charge < -0.3 is 10.6 Å². The first-order valence-electron chi connectivity index (χ1n) is 6.30. The summed E-state index contributed by atoms with van der Waals surface area (Å²) in [6, 6.07) is -0.160. The van der Waals surface area contributed by atoms with Crippen LogP contribution in [0.15, 0.2) is 11.8 Å². The second-order valence-corrected chi connectivity index (χ2v) is 4.14. The third kappa shape index (κ3) is 5.19. The molecule has 2 unspecified atom stereocenters. The normalized spacial score (nSPS) is 15.4. The van der Waals surface area contributed by atoms with Crippen LogP contribution in [0.5, 0.6) is 0 Å². The SMILES string of the molecule is CC/C=C(\NC(C)C(=O)NCC)C(C)CC. The van der Waals surface area contributed by atoms with Crippen molar-refractivity contribution in [2.24, 2.45) is 5.92 Å². The molecule has 0 saturated carbocycles. The number of rotatable bonds is 7. The highest BCUT2D eigenvalue weighted by Gasteiger charge is 2.14. The van der Waals surface area contributed by atoms with E-state index < -0.39 is 0 Å². The van der Waals surface area contributed by atoms with Gasteiger partial charge in [0.25, 0.3) is 0 Å². The predicted molar refractivity (Wildman–Crippen MR) is 69.1 cm³/mol. The van der Waals surface area contributed by atoms with Gasteiger partial charge in [0.1, 0.15) is 6.04 Å². The monoisotopic (exact) mass is 226 g/mol. The van der Waals surface area contributed by atoms with Crippen molar-refractivity contribution >= 4 is 5.91 Å². The van der Waals surface area contributed by atoms with Crippen LogP contribution in [0, 0.1) is 5.92 Å². The lowest BCUT2D eigenvalue weighted by molar-refractivity contribution is -0.122. The first kappa shape index (κ1) is 15.0. The number of hydrogen-bond acceptors (Lipinski definition) is 2. The number of allylic oxidation sites excluding steroid dienone is 2. The molecule has 0 aliphatic heterocycles. The minimum absolute atomic E-state index is 0.0628. The number of likely N-dealkylation sites (N-methyl/N-ethyl adjacent to an activating group) is 1. The standard InChI is InChI=1S/C13H26N2O/c1-6-9-12(10(4)7-2)15-11(5)13(16)14-8-3/h9-11,15H,6-8H2,1-5H3,(H,14,16)/b12-9-. The number of amides is 1. The summed E-state index contributed by atoms with van der Waals surface area (Å²) in [4.78, 5) is 11.6. The maximum atomic E-state index is 11.6. The lowest BCUT2D eigenvalue weighted by Crippen LogP contribution is -2.42. The molecule has 0 rings (SSSR count). The zero-order valence-electron chi connectivity index (χ0n) is 11.3. The minimum Gasteiger partial charge on any atom is -0.377 e.